The van der Waals surface area contributed by atoms with Gasteiger partial charge in [-0.15, -0.1) is 6.58 Å². The molecule has 0 radical (unpaired) electrons. The number of halogens is 1. The zero-order valence-corrected chi connectivity index (χ0v) is 12.1. The Kier molecular flexibility index (Phi) is 3.56. The Hall–Kier alpha value is -1.33. The fraction of sp³-hybridized carbons (Fsp3) is 0.571. The summed E-state index contributed by atoms with van der Waals surface area (Å²) < 4.78 is 1.33. The molecule has 0 aromatic carbocycles. The average Bonchev–Trinajstić information content (AvgIpc) is 2.68. The molecule has 108 valence electrons. The molecule has 2 aliphatic rings. The van der Waals surface area contributed by atoms with Gasteiger partial charge in [0.2, 0.25) is 0 Å². The Morgan fingerprint density at radius 1 is 1.45 bits per heavy atom. The maximum absolute atomic E-state index is 12.2. The van der Waals surface area contributed by atoms with Crippen LogP contribution in [0, 0.1) is 0 Å². The number of fused-ring (bicyclic) bond motifs is 2. The van der Waals surface area contributed by atoms with E-state index in [2.05, 4.69) is 16.6 Å². The minimum atomic E-state index is -0.252. The largest absolute Gasteiger partial charge is 0.363 e. The van der Waals surface area contributed by atoms with Gasteiger partial charge >= 0.3 is 0 Å². The topological polar surface area (TPSA) is 64.2 Å². The summed E-state index contributed by atoms with van der Waals surface area (Å²) in [4.78, 5) is 14.5. The van der Waals surface area contributed by atoms with Crippen molar-refractivity contribution in [3.63, 3.8) is 0 Å². The molecular weight excluding hydrogens is 276 g/mol. The summed E-state index contributed by atoms with van der Waals surface area (Å²) in [6, 6.07) is 1.03. The molecule has 1 aromatic rings. The number of nitrogens with zero attached hydrogens (tertiary/aromatic N) is 3. The van der Waals surface area contributed by atoms with E-state index in [-0.39, 0.29) is 16.6 Å². The van der Waals surface area contributed by atoms with Gasteiger partial charge in [-0.3, -0.25) is 4.79 Å². The minimum Gasteiger partial charge on any atom is -0.363 e. The van der Waals surface area contributed by atoms with Gasteiger partial charge in [0.1, 0.15) is 5.02 Å². The van der Waals surface area contributed by atoms with Gasteiger partial charge in [0.05, 0.1) is 18.4 Å². The summed E-state index contributed by atoms with van der Waals surface area (Å²) in [7, 11) is 0. The first-order valence-electron chi connectivity index (χ1n) is 7.02. The first-order chi connectivity index (χ1) is 9.61. The van der Waals surface area contributed by atoms with Crippen molar-refractivity contribution in [2.75, 3.05) is 4.90 Å². The molecular formula is C14H19ClN4O. The molecule has 0 saturated carbocycles. The van der Waals surface area contributed by atoms with Crippen LogP contribution in [0.4, 0.5) is 5.69 Å². The fourth-order valence-electron chi connectivity index (χ4n) is 3.50. The second-order valence-electron chi connectivity index (χ2n) is 5.64. The Morgan fingerprint density at radius 3 is 2.70 bits per heavy atom. The second-order valence-corrected chi connectivity index (χ2v) is 6.02. The summed E-state index contributed by atoms with van der Waals surface area (Å²) in [5.41, 5.74) is 6.58. The third-order valence-corrected chi connectivity index (χ3v) is 4.67. The van der Waals surface area contributed by atoms with E-state index < -0.39 is 0 Å². The normalized spacial score (nSPS) is 28.7. The summed E-state index contributed by atoms with van der Waals surface area (Å²) in [6.45, 7) is 3.99. The van der Waals surface area contributed by atoms with E-state index in [1.54, 1.807) is 12.3 Å². The van der Waals surface area contributed by atoms with Crippen LogP contribution in [0.15, 0.2) is 23.6 Å². The van der Waals surface area contributed by atoms with E-state index in [9.17, 15) is 4.79 Å². The highest BCUT2D eigenvalue weighted by molar-refractivity contribution is 6.33. The summed E-state index contributed by atoms with van der Waals surface area (Å²) in [5.74, 6) is 0. The van der Waals surface area contributed by atoms with Crippen molar-refractivity contribution in [3.8, 4) is 0 Å². The Labute approximate surface area is 123 Å². The van der Waals surface area contributed by atoms with Crippen molar-refractivity contribution < 1.29 is 0 Å². The maximum Gasteiger partial charge on any atom is 0.287 e. The lowest BCUT2D eigenvalue weighted by Gasteiger charge is -2.39. The van der Waals surface area contributed by atoms with Crippen molar-refractivity contribution in [3.05, 3.63) is 34.2 Å². The molecule has 2 saturated heterocycles. The van der Waals surface area contributed by atoms with Crippen molar-refractivity contribution in [2.45, 2.75) is 50.4 Å². The standard InChI is InChI=1S/C14H19ClN4O/c1-2-5-18-14(20)13(15)12(8-17-18)19-10-3-4-11(19)7-9(16)6-10/h2,8-11H,1,3-7,16H2. The smallest absolute Gasteiger partial charge is 0.287 e. The molecule has 2 unspecified atom stereocenters. The maximum atomic E-state index is 12.2. The van der Waals surface area contributed by atoms with Gasteiger partial charge < -0.3 is 10.6 Å². The van der Waals surface area contributed by atoms with E-state index in [4.69, 9.17) is 17.3 Å². The lowest BCUT2D eigenvalue weighted by atomic mass is 9.98. The van der Waals surface area contributed by atoms with Gasteiger partial charge in [0.15, 0.2) is 0 Å². The van der Waals surface area contributed by atoms with E-state index in [0.29, 0.717) is 18.6 Å². The third-order valence-electron chi connectivity index (χ3n) is 4.32. The molecule has 20 heavy (non-hydrogen) atoms. The SMILES string of the molecule is C=CCn1ncc(N2C3CCC2CC(N)C3)c(Cl)c1=O. The van der Waals surface area contributed by atoms with Gasteiger partial charge in [-0.2, -0.15) is 5.10 Å². The highest BCUT2D eigenvalue weighted by atomic mass is 35.5. The number of hydrogen-bond donors (Lipinski definition) is 1. The van der Waals surface area contributed by atoms with Crippen LogP contribution < -0.4 is 16.2 Å². The zero-order valence-electron chi connectivity index (χ0n) is 11.3. The molecule has 0 amide bonds. The molecule has 2 N–H and O–H groups in total. The molecule has 6 heteroatoms. The van der Waals surface area contributed by atoms with Crippen molar-refractivity contribution >= 4 is 17.3 Å². The molecule has 3 rings (SSSR count). The Bertz CT molecular complexity index is 571. The Balaban J connectivity index is 1.97. The summed E-state index contributed by atoms with van der Waals surface area (Å²) >= 11 is 6.28. The molecule has 3 heterocycles. The lowest BCUT2D eigenvalue weighted by Crippen LogP contribution is -2.48. The van der Waals surface area contributed by atoms with E-state index in [1.807, 2.05) is 0 Å². The molecule has 0 aliphatic carbocycles. The van der Waals surface area contributed by atoms with Gasteiger partial charge in [0.25, 0.3) is 5.56 Å². The average molecular weight is 295 g/mol. The van der Waals surface area contributed by atoms with Crippen molar-refractivity contribution in [2.24, 2.45) is 5.73 Å². The molecule has 5 nitrogen and oxygen atoms in total. The number of anilines is 1. The third kappa shape index (κ3) is 2.15. The van der Waals surface area contributed by atoms with Gasteiger partial charge in [-0.25, -0.2) is 4.68 Å². The first-order valence-corrected chi connectivity index (χ1v) is 7.40. The van der Waals surface area contributed by atoms with E-state index in [1.165, 1.54) is 4.68 Å². The van der Waals surface area contributed by atoms with Crippen LogP contribution in [0.5, 0.6) is 0 Å². The van der Waals surface area contributed by atoms with Gasteiger partial charge in [0, 0.05) is 18.1 Å². The number of nitrogens with two attached hydrogens (primary N) is 1. The number of hydrogen-bond acceptors (Lipinski definition) is 4. The number of allylic oxidation sites excluding steroid dienone is 1. The quantitative estimate of drug-likeness (QED) is 0.859. The predicted octanol–water partition coefficient (Wildman–Crippen LogP) is 1.54. The van der Waals surface area contributed by atoms with Crippen LogP contribution in [-0.2, 0) is 6.54 Å². The number of aromatic nitrogens is 2. The fourth-order valence-corrected chi connectivity index (χ4v) is 3.75. The molecule has 2 aliphatic heterocycles. The van der Waals surface area contributed by atoms with Crippen molar-refractivity contribution in [1.82, 2.24) is 9.78 Å². The highest BCUT2D eigenvalue weighted by Crippen LogP contribution is 2.40. The molecule has 2 fully saturated rings. The predicted molar refractivity (Wildman–Crippen MR) is 80.2 cm³/mol. The molecule has 0 spiro atoms. The van der Waals surface area contributed by atoms with Crippen LogP contribution in [0.25, 0.3) is 0 Å². The highest BCUT2D eigenvalue weighted by Gasteiger charge is 2.40. The molecule has 1 aromatic heterocycles. The monoisotopic (exact) mass is 294 g/mol. The van der Waals surface area contributed by atoms with Crippen LogP contribution in [0.1, 0.15) is 25.7 Å². The number of rotatable bonds is 3. The van der Waals surface area contributed by atoms with Crippen LogP contribution in [0.3, 0.4) is 0 Å². The molecule has 2 atom stereocenters. The van der Waals surface area contributed by atoms with Crippen LogP contribution in [0.2, 0.25) is 5.02 Å². The zero-order chi connectivity index (χ0) is 14.3. The van der Waals surface area contributed by atoms with Gasteiger partial charge in [-0.05, 0) is 25.7 Å². The summed E-state index contributed by atoms with van der Waals surface area (Å²) in [5, 5.41) is 4.45. The van der Waals surface area contributed by atoms with Crippen LogP contribution in [-0.4, -0.2) is 27.9 Å². The summed E-state index contributed by atoms with van der Waals surface area (Å²) in [6.07, 6.45) is 7.49. The van der Waals surface area contributed by atoms with E-state index >= 15 is 0 Å². The lowest BCUT2D eigenvalue weighted by molar-refractivity contribution is 0.413. The Morgan fingerprint density at radius 2 is 2.10 bits per heavy atom. The van der Waals surface area contributed by atoms with Crippen LogP contribution >= 0.6 is 11.6 Å². The van der Waals surface area contributed by atoms with Gasteiger partial charge in [-0.1, -0.05) is 17.7 Å². The first kappa shape index (κ1) is 13.6. The second kappa shape index (κ2) is 5.22. The van der Waals surface area contributed by atoms with Crippen molar-refractivity contribution in [1.29, 1.82) is 0 Å². The molecule has 2 bridgehead atoms. The van der Waals surface area contributed by atoms with E-state index in [0.717, 1.165) is 31.4 Å². The minimum absolute atomic E-state index is 0.252. The number of piperidine rings is 1.